The number of aliphatic hydroxyl groups excluding tert-OH is 1. The van der Waals surface area contributed by atoms with Gasteiger partial charge >= 0.3 is 6.18 Å². The van der Waals surface area contributed by atoms with Crippen LogP contribution in [0.3, 0.4) is 0 Å². The first-order chi connectivity index (χ1) is 8.97. The van der Waals surface area contributed by atoms with E-state index in [1.165, 1.54) is 6.20 Å². The highest BCUT2D eigenvalue weighted by Crippen LogP contribution is 2.13. The van der Waals surface area contributed by atoms with Crippen molar-refractivity contribution in [3.8, 4) is 5.88 Å². The van der Waals surface area contributed by atoms with Crippen molar-refractivity contribution in [2.24, 2.45) is 0 Å². The van der Waals surface area contributed by atoms with E-state index < -0.39 is 18.9 Å². The molecule has 110 valence electrons. The molecule has 2 N–H and O–H groups in total. The molecule has 1 aromatic rings. The van der Waals surface area contributed by atoms with E-state index >= 15 is 0 Å². The van der Waals surface area contributed by atoms with Crippen molar-refractivity contribution in [2.75, 3.05) is 32.9 Å². The molecule has 0 aliphatic carbocycles. The molecular formula is C9H14F3N3O3S. The molecule has 0 aromatic carbocycles. The maximum Gasteiger partial charge on any atom is 0.411 e. The van der Waals surface area contributed by atoms with E-state index in [0.717, 1.165) is 11.7 Å². The number of nitrogens with one attached hydrogen (secondary N) is 1. The van der Waals surface area contributed by atoms with E-state index in [2.05, 4.69) is 18.8 Å². The lowest BCUT2D eigenvalue weighted by Crippen LogP contribution is -2.33. The van der Waals surface area contributed by atoms with Crippen molar-refractivity contribution in [3.63, 3.8) is 0 Å². The third kappa shape index (κ3) is 8.70. The average Bonchev–Trinajstić information content (AvgIpc) is 2.82. The fraction of sp³-hybridized carbons (Fsp3) is 0.778. The summed E-state index contributed by atoms with van der Waals surface area (Å²) in [5.41, 5.74) is 0. The summed E-state index contributed by atoms with van der Waals surface area (Å²) in [6.07, 6.45) is -3.67. The van der Waals surface area contributed by atoms with E-state index in [9.17, 15) is 18.3 Å². The minimum atomic E-state index is -4.31. The Morgan fingerprint density at radius 3 is 2.89 bits per heavy atom. The molecule has 0 spiro atoms. The molecular weight excluding hydrogens is 287 g/mol. The molecule has 0 aliphatic rings. The van der Waals surface area contributed by atoms with E-state index in [1.54, 1.807) is 0 Å². The van der Waals surface area contributed by atoms with Crippen molar-refractivity contribution < 1.29 is 27.8 Å². The molecule has 1 aromatic heterocycles. The second kappa shape index (κ2) is 8.25. The van der Waals surface area contributed by atoms with Crippen molar-refractivity contribution >= 4 is 11.7 Å². The SMILES string of the molecule is OC(CNCCOCC(F)(F)F)COc1cnsn1. The number of rotatable bonds is 9. The highest BCUT2D eigenvalue weighted by Gasteiger charge is 2.27. The van der Waals surface area contributed by atoms with E-state index in [4.69, 9.17) is 4.74 Å². The van der Waals surface area contributed by atoms with Crippen LogP contribution in [-0.4, -0.2) is 59.0 Å². The lowest BCUT2D eigenvalue weighted by Gasteiger charge is -2.12. The van der Waals surface area contributed by atoms with Gasteiger partial charge in [-0.2, -0.15) is 17.5 Å². The summed E-state index contributed by atoms with van der Waals surface area (Å²) in [5, 5.41) is 12.2. The van der Waals surface area contributed by atoms with Gasteiger partial charge in [-0.3, -0.25) is 0 Å². The Labute approximate surface area is 111 Å². The fourth-order valence-electron chi connectivity index (χ4n) is 1.06. The Balaban J connectivity index is 1.94. The first-order valence-electron chi connectivity index (χ1n) is 5.41. The van der Waals surface area contributed by atoms with Gasteiger partial charge in [-0.15, -0.1) is 4.37 Å². The molecule has 0 saturated heterocycles. The molecule has 0 saturated carbocycles. The van der Waals surface area contributed by atoms with Gasteiger partial charge in [-0.1, -0.05) is 0 Å². The van der Waals surface area contributed by atoms with E-state index in [1.807, 2.05) is 0 Å². The number of ether oxygens (including phenoxy) is 2. The van der Waals surface area contributed by atoms with Crippen LogP contribution in [0.5, 0.6) is 5.88 Å². The zero-order valence-corrected chi connectivity index (χ0v) is 10.7. The number of nitrogens with zero attached hydrogens (tertiary/aromatic N) is 2. The van der Waals surface area contributed by atoms with Crippen molar-refractivity contribution in [2.45, 2.75) is 12.3 Å². The van der Waals surface area contributed by atoms with Crippen LogP contribution in [-0.2, 0) is 4.74 Å². The second-order valence-electron chi connectivity index (χ2n) is 3.58. The van der Waals surface area contributed by atoms with Gasteiger partial charge in [0.1, 0.15) is 25.5 Å². The molecule has 0 fully saturated rings. The van der Waals surface area contributed by atoms with Gasteiger partial charge in [-0.05, 0) is 0 Å². The molecule has 1 atom stereocenters. The summed E-state index contributed by atoms with van der Waals surface area (Å²) in [6, 6.07) is 0. The summed E-state index contributed by atoms with van der Waals surface area (Å²) in [4.78, 5) is 0. The van der Waals surface area contributed by atoms with Gasteiger partial charge in [-0.25, -0.2) is 0 Å². The van der Waals surface area contributed by atoms with Gasteiger partial charge in [0.15, 0.2) is 0 Å². The zero-order valence-electron chi connectivity index (χ0n) is 9.89. The summed E-state index contributed by atoms with van der Waals surface area (Å²) in [7, 11) is 0. The minimum Gasteiger partial charge on any atom is -0.473 e. The first-order valence-corrected chi connectivity index (χ1v) is 6.14. The lowest BCUT2D eigenvalue weighted by atomic mass is 10.4. The Hall–Kier alpha value is -0.970. The van der Waals surface area contributed by atoms with Crippen LogP contribution in [0, 0.1) is 0 Å². The number of aliphatic hydroxyl groups is 1. The smallest absolute Gasteiger partial charge is 0.411 e. The van der Waals surface area contributed by atoms with Crippen LogP contribution in [0.1, 0.15) is 0 Å². The largest absolute Gasteiger partial charge is 0.473 e. The van der Waals surface area contributed by atoms with Crippen LogP contribution >= 0.6 is 11.7 Å². The molecule has 0 aliphatic heterocycles. The number of aromatic nitrogens is 2. The molecule has 0 amide bonds. The van der Waals surface area contributed by atoms with Gasteiger partial charge in [0, 0.05) is 13.1 Å². The summed E-state index contributed by atoms with van der Waals surface area (Å²) in [5.74, 6) is 0.331. The monoisotopic (exact) mass is 301 g/mol. The third-order valence-corrected chi connectivity index (χ3v) is 2.29. The Kier molecular flexibility index (Phi) is 6.99. The van der Waals surface area contributed by atoms with Crippen LogP contribution in [0.15, 0.2) is 6.20 Å². The fourth-order valence-corrected chi connectivity index (χ4v) is 1.43. The molecule has 0 bridgehead atoms. The summed E-state index contributed by atoms with van der Waals surface area (Å²) in [6.45, 7) is -0.916. The number of hydrogen-bond acceptors (Lipinski definition) is 7. The van der Waals surface area contributed by atoms with Crippen molar-refractivity contribution in [1.82, 2.24) is 14.1 Å². The van der Waals surface area contributed by atoms with Gasteiger partial charge in [0.05, 0.1) is 18.3 Å². The normalized spacial score (nSPS) is 13.5. The predicted molar refractivity (Wildman–Crippen MR) is 61.2 cm³/mol. The van der Waals surface area contributed by atoms with Crippen molar-refractivity contribution in [3.05, 3.63) is 6.20 Å². The first kappa shape index (κ1) is 16.1. The standard InChI is InChI=1S/C9H14F3N3O3S/c10-9(11,12)6-17-2-1-13-3-7(16)5-18-8-4-14-19-15-8/h4,7,13,16H,1-3,5-6H2. The Morgan fingerprint density at radius 2 is 2.26 bits per heavy atom. The number of hydrogen-bond donors (Lipinski definition) is 2. The maximum absolute atomic E-state index is 11.7. The zero-order chi connectivity index (χ0) is 14.1. The third-order valence-electron chi connectivity index (χ3n) is 1.83. The van der Waals surface area contributed by atoms with E-state index in [0.29, 0.717) is 5.88 Å². The van der Waals surface area contributed by atoms with Crippen LogP contribution < -0.4 is 10.1 Å². The maximum atomic E-state index is 11.7. The van der Waals surface area contributed by atoms with Crippen LogP contribution in [0.25, 0.3) is 0 Å². The average molecular weight is 301 g/mol. The number of alkyl halides is 3. The van der Waals surface area contributed by atoms with Gasteiger partial charge in [0.2, 0.25) is 5.88 Å². The topological polar surface area (TPSA) is 76.5 Å². The summed E-state index contributed by atoms with van der Waals surface area (Å²) < 4.78 is 52.1. The molecule has 1 heterocycles. The van der Waals surface area contributed by atoms with Gasteiger partial charge < -0.3 is 19.9 Å². The molecule has 6 nitrogen and oxygen atoms in total. The van der Waals surface area contributed by atoms with Crippen LogP contribution in [0.2, 0.25) is 0 Å². The molecule has 19 heavy (non-hydrogen) atoms. The molecule has 0 radical (unpaired) electrons. The highest BCUT2D eigenvalue weighted by molar-refractivity contribution is 6.99. The summed E-state index contributed by atoms with van der Waals surface area (Å²) >= 11 is 0.989. The Bertz CT molecular complexity index is 337. The Morgan fingerprint density at radius 1 is 1.47 bits per heavy atom. The predicted octanol–water partition coefficient (Wildman–Crippen LogP) is 0.446. The number of halogens is 3. The van der Waals surface area contributed by atoms with Gasteiger partial charge in [0.25, 0.3) is 0 Å². The molecule has 1 unspecified atom stereocenters. The second-order valence-corrected chi connectivity index (χ2v) is 4.14. The minimum absolute atomic E-state index is 0.0296. The molecule has 10 heteroatoms. The van der Waals surface area contributed by atoms with Crippen LogP contribution in [0.4, 0.5) is 13.2 Å². The quantitative estimate of drug-likeness (QED) is 0.645. The lowest BCUT2D eigenvalue weighted by molar-refractivity contribution is -0.173. The van der Waals surface area contributed by atoms with E-state index in [-0.39, 0.29) is 26.3 Å². The molecule has 1 rings (SSSR count). The van der Waals surface area contributed by atoms with Crippen molar-refractivity contribution in [1.29, 1.82) is 0 Å². The highest BCUT2D eigenvalue weighted by atomic mass is 32.1.